The maximum atomic E-state index is 3.27. The Morgan fingerprint density at radius 3 is 3.27 bits per heavy atom. The third kappa shape index (κ3) is 1.13. The molecular weight excluding hydrogens is 132 g/mol. The van der Waals surface area contributed by atoms with E-state index in [1.54, 1.807) is 0 Å². The first kappa shape index (κ1) is 6.45. The second-order valence-corrected chi connectivity index (χ2v) is 2.91. The van der Waals surface area contributed by atoms with Crippen molar-refractivity contribution in [1.29, 1.82) is 0 Å². The SMILES string of the molecule is CC1=CC2=CC=CCC2=C=C1. The number of fused-ring (bicyclic) bond motifs is 1. The zero-order chi connectivity index (χ0) is 7.68. The summed E-state index contributed by atoms with van der Waals surface area (Å²) in [6.45, 7) is 2.10. The van der Waals surface area contributed by atoms with Gasteiger partial charge < -0.3 is 0 Å². The molecule has 0 heterocycles. The average Bonchev–Trinajstić information content (AvgIpc) is 2.04. The van der Waals surface area contributed by atoms with E-state index in [1.165, 1.54) is 16.7 Å². The molecule has 0 aromatic rings. The molecule has 0 saturated carbocycles. The Morgan fingerprint density at radius 2 is 2.36 bits per heavy atom. The Kier molecular flexibility index (Phi) is 1.41. The molecular formula is C11H10. The van der Waals surface area contributed by atoms with Crippen molar-refractivity contribution >= 4 is 0 Å². The number of rotatable bonds is 0. The Bertz CT molecular complexity index is 329. The van der Waals surface area contributed by atoms with E-state index in [0.29, 0.717) is 0 Å². The molecule has 0 spiro atoms. The van der Waals surface area contributed by atoms with Crippen molar-refractivity contribution in [3.8, 4) is 0 Å². The van der Waals surface area contributed by atoms with Crippen LogP contribution in [0.25, 0.3) is 0 Å². The molecule has 2 aliphatic carbocycles. The van der Waals surface area contributed by atoms with Gasteiger partial charge in [-0.1, -0.05) is 24.3 Å². The van der Waals surface area contributed by atoms with Gasteiger partial charge in [0.2, 0.25) is 0 Å². The van der Waals surface area contributed by atoms with Crippen LogP contribution in [-0.2, 0) is 0 Å². The highest BCUT2D eigenvalue weighted by Gasteiger charge is 2.05. The topological polar surface area (TPSA) is 0 Å². The first-order valence-corrected chi connectivity index (χ1v) is 3.87. The van der Waals surface area contributed by atoms with Gasteiger partial charge in [-0.15, -0.1) is 5.73 Å². The minimum absolute atomic E-state index is 1.03. The Labute approximate surface area is 66.9 Å². The fraction of sp³-hybridized carbons (Fsp3) is 0.182. The lowest BCUT2D eigenvalue weighted by Crippen LogP contribution is -1.92. The van der Waals surface area contributed by atoms with Crippen LogP contribution in [0.1, 0.15) is 13.3 Å². The lowest BCUT2D eigenvalue weighted by molar-refractivity contribution is 1.20. The molecule has 2 aliphatic rings. The van der Waals surface area contributed by atoms with E-state index in [2.05, 4.69) is 37.0 Å². The summed E-state index contributed by atoms with van der Waals surface area (Å²) >= 11 is 0. The summed E-state index contributed by atoms with van der Waals surface area (Å²) < 4.78 is 0. The largest absolute Gasteiger partial charge is 0.116 e. The van der Waals surface area contributed by atoms with Gasteiger partial charge in [0.05, 0.1) is 0 Å². The van der Waals surface area contributed by atoms with Crippen LogP contribution in [0.15, 0.2) is 52.8 Å². The molecule has 0 amide bonds. The predicted molar refractivity (Wildman–Crippen MR) is 47.2 cm³/mol. The third-order valence-corrected chi connectivity index (χ3v) is 1.94. The van der Waals surface area contributed by atoms with E-state index in [9.17, 15) is 0 Å². The molecule has 0 aromatic heterocycles. The molecule has 0 atom stereocenters. The monoisotopic (exact) mass is 142 g/mol. The third-order valence-electron chi connectivity index (χ3n) is 1.94. The van der Waals surface area contributed by atoms with Crippen LogP contribution >= 0.6 is 0 Å². The zero-order valence-corrected chi connectivity index (χ0v) is 6.59. The molecule has 0 bridgehead atoms. The van der Waals surface area contributed by atoms with E-state index in [0.717, 1.165) is 6.42 Å². The maximum absolute atomic E-state index is 3.27. The minimum atomic E-state index is 1.03. The summed E-state index contributed by atoms with van der Waals surface area (Å²) in [7, 11) is 0. The highest BCUT2D eigenvalue weighted by Crippen LogP contribution is 2.23. The Morgan fingerprint density at radius 1 is 1.45 bits per heavy atom. The smallest absolute Gasteiger partial charge is 0.00500 e. The summed E-state index contributed by atoms with van der Waals surface area (Å²) in [4.78, 5) is 0. The van der Waals surface area contributed by atoms with Crippen molar-refractivity contribution in [3.05, 3.63) is 52.8 Å². The molecule has 0 nitrogen and oxygen atoms in total. The number of hydrogen-bond donors (Lipinski definition) is 0. The fourth-order valence-corrected chi connectivity index (χ4v) is 1.34. The van der Waals surface area contributed by atoms with Crippen molar-refractivity contribution in [2.75, 3.05) is 0 Å². The minimum Gasteiger partial charge on any atom is -0.116 e. The van der Waals surface area contributed by atoms with Crippen molar-refractivity contribution in [2.45, 2.75) is 13.3 Å². The molecule has 2 rings (SSSR count). The van der Waals surface area contributed by atoms with Crippen LogP contribution in [0.5, 0.6) is 0 Å². The number of hydrogen-bond acceptors (Lipinski definition) is 0. The van der Waals surface area contributed by atoms with Crippen LogP contribution < -0.4 is 0 Å². The van der Waals surface area contributed by atoms with Gasteiger partial charge in [0.1, 0.15) is 0 Å². The van der Waals surface area contributed by atoms with Gasteiger partial charge in [0.25, 0.3) is 0 Å². The predicted octanol–water partition coefficient (Wildman–Crippen LogP) is 2.91. The second-order valence-electron chi connectivity index (χ2n) is 2.91. The van der Waals surface area contributed by atoms with Gasteiger partial charge >= 0.3 is 0 Å². The molecule has 11 heavy (non-hydrogen) atoms. The summed E-state index contributed by atoms with van der Waals surface area (Å²) in [6.07, 6.45) is 11.7. The van der Waals surface area contributed by atoms with Crippen LogP contribution in [-0.4, -0.2) is 0 Å². The molecule has 0 saturated heterocycles. The summed E-state index contributed by atoms with van der Waals surface area (Å²) in [5.74, 6) is 0. The molecule has 0 heteroatoms. The van der Waals surface area contributed by atoms with E-state index < -0.39 is 0 Å². The first-order valence-electron chi connectivity index (χ1n) is 3.87. The molecule has 0 aromatic carbocycles. The van der Waals surface area contributed by atoms with E-state index in [4.69, 9.17) is 0 Å². The maximum Gasteiger partial charge on any atom is 0.00500 e. The van der Waals surface area contributed by atoms with Gasteiger partial charge in [-0.3, -0.25) is 0 Å². The zero-order valence-electron chi connectivity index (χ0n) is 6.59. The van der Waals surface area contributed by atoms with Gasteiger partial charge in [-0.05, 0) is 30.6 Å². The standard InChI is InChI=1S/C11H10/c1-9-6-7-10-4-2-3-5-11(10)8-9/h2-3,5-6,8H,4H2,1H3. The number of allylic oxidation sites excluding steroid dienone is 7. The second kappa shape index (κ2) is 2.41. The lowest BCUT2D eigenvalue weighted by atomic mass is 9.94. The van der Waals surface area contributed by atoms with Crippen molar-refractivity contribution < 1.29 is 0 Å². The summed E-state index contributed by atoms with van der Waals surface area (Å²) in [6, 6.07) is 0. The van der Waals surface area contributed by atoms with Crippen LogP contribution in [0, 0.1) is 0 Å². The first-order chi connectivity index (χ1) is 5.36. The van der Waals surface area contributed by atoms with Gasteiger partial charge in [-0.2, -0.15) is 0 Å². The molecule has 0 radical (unpaired) electrons. The fourth-order valence-electron chi connectivity index (χ4n) is 1.34. The van der Waals surface area contributed by atoms with Crippen molar-refractivity contribution in [3.63, 3.8) is 0 Å². The molecule has 0 fully saturated rings. The molecule has 0 unspecified atom stereocenters. The average molecular weight is 142 g/mol. The van der Waals surface area contributed by atoms with E-state index >= 15 is 0 Å². The van der Waals surface area contributed by atoms with Crippen LogP contribution in [0.3, 0.4) is 0 Å². The molecule has 54 valence electrons. The van der Waals surface area contributed by atoms with E-state index in [1.807, 2.05) is 6.08 Å². The van der Waals surface area contributed by atoms with Gasteiger partial charge in [-0.25, -0.2) is 0 Å². The quantitative estimate of drug-likeness (QED) is 0.456. The van der Waals surface area contributed by atoms with Gasteiger partial charge in [0.15, 0.2) is 0 Å². The highest BCUT2D eigenvalue weighted by atomic mass is 14.1. The van der Waals surface area contributed by atoms with Gasteiger partial charge in [0, 0.05) is 5.57 Å². The Hall–Kier alpha value is -1.26. The Balaban J connectivity index is 2.54. The van der Waals surface area contributed by atoms with Crippen molar-refractivity contribution in [2.24, 2.45) is 0 Å². The summed E-state index contributed by atoms with van der Waals surface area (Å²) in [5, 5.41) is 0. The highest BCUT2D eigenvalue weighted by molar-refractivity contribution is 5.51. The van der Waals surface area contributed by atoms with Crippen LogP contribution in [0.4, 0.5) is 0 Å². The molecule has 0 N–H and O–H groups in total. The van der Waals surface area contributed by atoms with Crippen LogP contribution in [0.2, 0.25) is 0 Å². The summed E-state index contributed by atoms with van der Waals surface area (Å²) in [5.41, 5.74) is 7.21. The lowest BCUT2D eigenvalue weighted by Gasteiger charge is -2.10. The van der Waals surface area contributed by atoms with Crippen molar-refractivity contribution in [1.82, 2.24) is 0 Å². The molecule has 0 aliphatic heterocycles. The normalized spacial score (nSPS) is 20.3. The van der Waals surface area contributed by atoms with E-state index in [-0.39, 0.29) is 0 Å².